The summed E-state index contributed by atoms with van der Waals surface area (Å²) in [6, 6.07) is 3.41. The fourth-order valence-electron chi connectivity index (χ4n) is 2.50. The van der Waals surface area contributed by atoms with Gasteiger partial charge in [0.2, 0.25) is 12.3 Å². The van der Waals surface area contributed by atoms with E-state index in [4.69, 9.17) is 4.74 Å². The molecule has 0 saturated carbocycles. The van der Waals surface area contributed by atoms with Gasteiger partial charge in [-0.15, -0.1) is 0 Å². The molecule has 8 heteroatoms. The number of aromatic nitrogens is 1. The number of aldehydes is 1. The topological polar surface area (TPSA) is 83.0 Å². The van der Waals surface area contributed by atoms with E-state index >= 15 is 0 Å². The average Bonchev–Trinajstić information content (AvgIpc) is 2.58. The maximum absolute atomic E-state index is 12.1. The van der Waals surface area contributed by atoms with Crippen LogP contribution in [0.25, 0.3) is 0 Å². The first kappa shape index (κ1) is 18.0. The molecule has 8 nitrogen and oxygen atoms in total. The van der Waals surface area contributed by atoms with Crippen LogP contribution in [0.1, 0.15) is 16.1 Å². The van der Waals surface area contributed by atoms with Gasteiger partial charge >= 0.3 is 0 Å². The number of methoxy groups -OCH3 is 1. The van der Waals surface area contributed by atoms with Gasteiger partial charge < -0.3 is 9.64 Å². The van der Waals surface area contributed by atoms with Crippen LogP contribution in [0.4, 0.5) is 5.82 Å². The monoisotopic (exact) mass is 334 g/mol. The van der Waals surface area contributed by atoms with Gasteiger partial charge in [0.1, 0.15) is 11.5 Å². The Balaban J connectivity index is 2.15. The average molecular weight is 334 g/mol. The molecule has 0 aromatic carbocycles. The first-order chi connectivity index (χ1) is 11.6. The van der Waals surface area contributed by atoms with Gasteiger partial charge in [0, 0.05) is 32.3 Å². The Bertz CT molecular complexity index is 608. The molecule has 0 bridgehead atoms. The molecule has 1 fully saturated rings. The summed E-state index contributed by atoms with van der Waals surface area (Å²) >= 11 is 0. The zero-order chi connectivity index (χ0) is 17.5. The number of hydrogen-bond donors (Lipinski definition) is 0. The molecule has 2 amide bonds. The standard InChI is InChI=1S/C16H22N4O4/c1-18-5-6-19(16(23)10-18)9-13-3-4-15(17-14(13)11-21)20(12-22)7-8-24-2/h3-4,11-12H,5-10H2,1-2H3. The van der Waals surface area contributed by atoms with Crippen molar-refractivity contribution in [1.29, 1.82) is 0 Å². The number of pyridine rings is 1. The molecule has 2 heterocycles. The van der Waals surface area contributed by atoms with Crippen LogP contribution in [0.2, 0.25) is 0 Å². The molecule has 2 rings (SSSR count). The Labute approximate surface area is 141 Å². The number of amides is 2. The molecule has 1 aromatic rings. The van der Waals surface area contributed by atoms with Gasteiger partial charge in [0.05, 0.1) is 19.7 Å². The van der Waals surface area contributed by atoms with Crippen molar-refractivity contribution in [2.75, 3.05) is 51.8 Å². The van der Waals surface area contributed by atoms with Crippen molar-refractivity contribution < 1.29 is 19.1 Å². The second-order valence-corrected chi connectivity index (χ2v) is 5.68. The van der Waals surface area contributed by atoms with E-state index < -0.39 is 0 Å². The molecule has 0 unspecified atom stereocenters. The van der Waals surface area contributed by atoms with Crippen LogP contribution in [0.5, 0.6) is 0 Å². The van der Waals surface area contributed by atoms with Crippen molar-refractivity contribution in [3.05, 3.63) is 23.4 Å². The van der Waals surface area contributed by atoms with Crippen LogP contribution in [-0.4, -0.2) is 80.3 Å². The van der Waals surface area contributed by atoms with Gasteiger partial charge in [-0.25, -0.2) is 4.98 Å². The number of piperazine rings is 1. The highest BCUT2D eigenvalue weighted by Crippen LogP contribution is 2.16. The predicted molar refractivity (Wildman–Crippen MR) is 87.8 cm³/mol. The number of hydrogen-bond acceptors (Lipinski definition) is 6. The molecular formula is C16H22N4O4. The van der Waals surface area contributed by atoms with Crippen molar-refractivity contribution in [2.45, 2.75) is 6.54 Å². The van der Waals surface area contributed by atoms with E-state index in [0.717, 1.165) is 6.54 Å². The van der Waals surface area contributed by atoms with Crippen molar-refractivity contribution in [1.82, 2.24) is 14.8 Å². The van der Waals surface area contributed by atoms with E-state index in [1.807, 2.05) is 11.9 Å². The molecule has 130 valence electrons. The number of likely N-dealkylation sites (N-methyl/N-ethyl adjacent to an activating group) is 1. The third kappa shape index (κ3) is 4.36. The first-order valence-corrected chi connectivity index (χ1v) is 7.71. The zero-order valence-electron chi connectivity index (χ0n) is 14.0. The lowest BCUT2D eigenvalue weighted by Crippen LogP contribution is -2.48. The highest BCUT2D eigenvalue weighted by atomic mass is 16.5. The summed E-state index contributed by atoms with van der Waals surface area (Å²) in [5.74, 6) is 0.414. The lowest BCUT2D eigenvalue weighted by Gasteiger charge is -2.32. The molecule has 0 spiro atoms. The fourth-order valence-corrected chi connectivity index (χ4v) is 2.50. The predicted octanol–water partition coefficient (Wildman–Crippen LogP) is -0.223. The van der Waals surface area contributed by atoms with Crippen LogP contribution in [-0.2, 0) is 20.9 Å². The van der Waals surface area contributed by atoms with Gasteiger partial charge in [-0.2, -0.15) is 0 Å². The minimum Gasteiger partial charge on any atom is -0.383 e. The van der Waals surface area contributed by atoms with Crippen molar-refractivity contribution in [2.24, 2.45) is 0 Å². The number of anilines is 1. The quantitative estimate of drug-likeness (QED) is 0.611. The highest BCUT2D eigenvalue weighted by Gasteiger charge is 2.22. The van der Waals surface area contributed by atoms with Gasteiger partial charge in [-0.1, -0.05) is 6.07 Å². The van der Waals surface area contributed by atoms with Crippen molar-refractivity contribution in [3.8, 4) is 0 Å². The van der Waals surface area contributed by atoms with Gasteiger partial charge in [-0.05, 0) is 13.1 Å². The summed E-state index contributed by atoms with van der Waals surface area (Å²) in [4.78, 5) is 43.9. The Morgan fingerprint density at radius 2 is 2.12 bits per heavy atom. The maximum Gasteiger partial charge on any atom is 0.237 e. The second-order valence-electron chi connectivity index (χ2n) is 5.68. The first-order valence-electron chi connectivity index (χ1n) is 7.71. The molecule has 1 aliphatic rings. The molecule has 1 aliphatic heterocycles. The number of ether oxygens (including phenoxy) is 1. The van der Waals surface area contributed by atoms with Crippen LogP contribution in [0, 0.1) is 0 Å². The molecular weight excluding hydrogens is 312 g/mol. The maximum atomic E-state index is 12.1. The Morgan fingerprint density at radius 1 is 1.33 bits per heavy atom. The summed E-state index contributed by atoms with van der Waals surface area (Å²) in [6.07, 6.45) is 1.30. The van der Waals surface area contributed by atoms with Gasteiger partial charge in [-0.3, -0.25) is 24.2 Å². The van der Waals surface area contributed by atoms with E-state index in [2.05, 4.69) is 4.98 Å². The Morgan fingerprint density at radius 3 is 2.75 bits per heavy atom. The minimum atomic E-state index is 0.0271. The molecule has 1 saturated heterocycles. The normalized spacial score (nSPS) is 15.4. The summed E-state index contributed by atoms with van der Waals surface area (Å²) in [6.45, 7) is 2.84. The number of carbonyl (C=O) groups excluding carboxylic acids is 3. The summed E-state index contributed by atoms with van der Waals surface area (Å²) in [5.41, 5.74) is 0.910. The zero-order valence-corrected chi connectivity index (χ0v) is 14.0. The second kappa shape index (κ2) is 8.51. The summed E-state index contributed by atoms with van der Waals surface area (Å²) in [7, 11) is 3.44. The fraction of sp³-hybridized carbons (Fsp3) is 0.500. The molecule has 0 radical (unpaired) electrons. The number of rotatable bonds is 8. The van der Waals surface area contributed by atoms with Crippen LogP contribution < -0.4 is 4.90 Å². The van der Waals surface area contributed by atoms with Crippen molar-refractivity contribution >= 4 is 24.4 Å². The summed E-state index contributed by atoms with van der Waals surface area (Å²) < 4.78 is 4.95. The summed E-state index contributed by atoms with van der Waals surface area (Å²) in [5, 5.41) is 0. The van der Waals surface area contributed by atoms with Crippen molar-refractivity contribution in [3.63, 3.8) is 0 Å². The molecule has 0 atom stereocenters. The van der Waals surface area contributed by atoms with Crippen LogP contribution in [0.3, 0.4) is 0 Å². The third-order valence-electron chi connectivity index (χ3n) is 3.94. The van der Waals surface area contributed by atoms with Gasteiger partial charge in [0.15, 0.2) is 6.29 Å². The molecule has 0 aliphatic carbocycles. The SMILES string of the molecule is COCCN(C=O)c1ccc(CN2CCN(C)CC2=O)c(C=O)n1. The van der Waals surface area contributed by atoms with Crippen LogP contribution in [0.15, 0.2) is 12.1 Å². The lowest BCUT2D eigenvalue weighted by molar-refractivity contribution is -0.136. The van der Waals surface area contributed by atoms with Gasteiger partial charge in [0.25, 0.3) is 0 Å². The molecule has 24 heavy (non-hydrogen) atoms. The lowest BCUT2D eigenvalue weighted by atomic mass is 10.1. The largest absolute Gasteiger partial charge is 0.383 e. The number of carbonyl (C=O) groups is 3. The van der Waals surface area contributed by atoms with E-state index in [1.54, 1.807) is 24.1 Å². The molecule has 0 N–H and O–H groups in total. The van der Waals surface area contributed by atoms with E-state index in [9.17, 15) is 14.4 Å². The van der Waals surface area contributed by atoms with Crippen LogP contribution >= 0.6 is 0 Å². The smallest absolute Gasteiger partial charge is 0.237 e. The van der Waals surface area contributed by atoms with E-state index in [0.29, 0.717) is 56.9 Å². The Kier molecular flexibility index (Phi) is 6.39. The highest BCUT2D eigenvalue weighted by molar-refractivity contribution is 5.81. The van der Waals surface area contributed by atoms with E-state index in [1.165, 1.54) is 4.90 Å². The molecule has 1 aromatic heterocycles. The number of nitrogens with zero attached hydrogens (tertiary/aromatic N) is 4. The van der Waals surface area contributed by atoms with E-state index in [-0.39, 0.29) is 11.6 Å². The Hall–Kier alpha value is -2.32. The minimum absolute atomic E-state index is 0.0271. The third-order valence-corrected chi connectivity index (χ3v) is 3.94.